The number of amides is 2. The second-order valence-corrected chi connectivity index (χ2v) is 4.71. The average Bonchev–Trinajstić information content (AvgIpc) is 2.79. The Bertz CT molecular complexity index is 733. The number of carbonyl (C=O) groups excluding carboxylic acids is 1. The molecule has 0 bridgehead atoms. The zero-order chi connectivity index (χ0) is 17.0. The molecule has 0 unspecified atom stereocenters. The topological polar surface area (TPSA) is 91.8 Å². The molecule has 0 spiro atoms. The van der Waals surface area contributed by atoms with Crippen LogP contribution in [-0.2, 0) is 19.6 Å². The summed E-state index contributed by atoms with van der Waals surface area (Å²) in [5.74, 6) is 0.477. The van der Waals surface area contributed by atoms with E-state index in [0.717, 1.165) is 12.1 Å². The lowest BCUT2D eigenvalue weighted by Crippen LogP contribution is -2.31. The minimum Gasteiger partial charge on any atom is -0.337 e. The Labute approximate surface area is 128 Å². The van der Waals surface area contributed by atoms with Crippen molar-refractivity contribution in [2.24, 2.45) is 7.05 Å². The molecular weight excluding hydrogens is 315 g/mol. The van der Waals surface area contributed by atoms with E-state index in [1.165, 1.54) is 16.7 Å². The standard InChI is InChI=1S/C13H14F3N5O2/c1-21-10(19-20-12(21)23)6-7-17-11(22)18-9-4-2-8(3-5-9)13(14,15)16/h2-5H,6-7H2,1H3,(H,20,23)(H2,17,18,22). The van der Waals surface area contributed by atoms with Crippen molar-refractivity contribution in [1.29, 1.82) is 0 Å². The summed E-state index contributed by atoms with van der Waals surface area (Å²) in [5, 5.41) is 11.0. The van der Waals surface area contributed by atoms with Crippen molar-refractivity contribution in [2.75, 3.05) is 11.9 Å². The van der Waals surface area contributed by atoms with Gasteiger partial charge in [0.1, 0.15) is 5.82 Å². The van der Waals surface area contributed by atoms with Gasteiger partial charge < -0.3 is 10.6 Å². The number of carbonyl (C=O) groups is 1. The first kappa shape index (κ1) is 16.6. The number of anilines is 1. The minimum atomic E-state index is -4.42. The van der Waals surface area contributed by atoms with E-state index in [9.17, 15) is 22.8 Å². The third kappa shape index (κ3) is 4.34. The maximum atomic E-state index is 12.4. The second-order valence-electron chi connectivity index (χ2n) is 4.71. The molecule has 0 saturated heterocycles. The van der Waals surface area contributed by atoms with Gasteiger partial charge in [-0.3, -0.25) is 4.57 Å². The Morgan fingerprint density at radius 3 is 2.48 bits per heavy atom. The normalized spacial score (nSPS) is 11.3. The first-order valence-corrected chi connectivity index (χ1v) is 6.60. The molecule has 2 amide bonds. The van der Waals surface area contributed by atoms with Crippen LogP contribution in [0.3, 0.4) is 0 Å². The van der Waals surface area contributed by atoms with Crippen LogP contribution in [-0.4, -0.2) is 27.3 Å². The van der Waals surface area contributed by atoms with Gasteiger partial charge in [-0.1, -0.05) is 0 Å². The van der Waals surface area contributed by atoms with Gasteiger partial charge in [-0.25, -0.2) is 14.7 Å². The number of urea groups is 1. The molecule has 1 heterocycles. The highest BCUT2D eigenvalue weighted by Crippen LogP contribution is 2.29. The van der Waals surface area contributed by atoms with Crippen LogP contribution in [0.4, 0.5) is 23.7 Å². The van der Waals surface area contributed by atoms with E-state index in [1.54, 1.807) is 7.05 Å². The molecule has 0 atom stereocenters. The van der Waals surface area contributed by atoms with Gasteiger partial charge in [-0.05, 0) is 24.3 Å². The fourth-order valence-electron chi connectivity index (χ4n) is 1.81. The number of hydrogen-bond donors (Lipinski definition) is 3. The summed E-state index contributed by atoms with van der Waals surface area (Å²) in [4.78, 5) is 22.8. The minimum absolute atomic E-state index is 0.213. The molecular formula is C13H14F3N5O2. The highest BCUT2D eigenvalue weighted by molar-refractivity contribution is 5.89. The van der Waals surface area contributed by atoms with E-state index in [-0.39, 0.29) is 17.9 Å². The van der Waals surface area contributed by atoms with E-state index in [4.69, 9.17) is 0 Å². The van der Waals surface area contributed by atoms with Gasteiger partial charge in [0.05, 0.1) is 5.56 Å². The summed E-state index contributed by atoms with van der Waals surface area (Å²) in [6, 6.07) is 3.54. The lowest BCUT2D eigenvalue weighted by Gasteiger charge is -2.09. The van der Waals surface area contributed by atoms with E-state index in [2.05, 4.69) is 20.8 Å². The molecule has 2 rings (SSSR count). The first-order valence-electron chi connectivity index (χ1n) is 6.60. The summed E-state index contributed by atoms with van der Waals surface area (Å²) in [6.45, 7) is 0.213. The van der Waals surface area contributed by atoms with Crippen LogP contribution >= 0.6 is 0 Å². The maximum Gasteiger partial charge on any atom is 0.416 e. The van der Waals surface area contributed by atoms with Gasteiger partial charge in [0, 0.05) is 25.7 Å². The molecule has 7 nitrogen and oxygen atoms in total. The van der Waals surface area contributed by atoms with Gasteiger partial charge >= 0.3 is 17.9 Å². The van der Waals surface area contributed by atoms with Crippen LogP contribution in [0.5, 0.6) is 0 Å². The lowest BCUT2D eigenvalue weighted by molar-refractivity contribution is -0.137. The average molecular weight is 329 g/mol. The molecule has 0 aliphatic heterocycles. The fraction of sp³-hybridized carbons (Fsp3) is 0.308. The number of aromatic nitrogens is 3. The van der Waals surface area contributed by atoms with E-state index >= 15 is 0 Å². The fourth-order valence-corrected chi connectivity index (χ4v) is 1.81. The number of H-pyrrole nitrogens is 1. The van der Waals surface area contributed by atoms with Crippen LogP contribution in [0.1, 0.15) is 11.4 Å². The summed E-state index contributed by atoms with van der Waals surface area (Å²) in [6.07, 6.45) is -4.09. The third-order valence-corrected chi connectivity index (χ3v) is 3.08. The van der Waals surface area contributed by atoms with Crippen LogP contribution in [0, 0.1) is 0 Å². The second kappa shape index (κ2) is 6.55. The molecule has 0 aliphatic carbocycles. The smallest absolute Gasteiger partial charge is 0.337 e. The van der Waals surface area contributed by atoms with Crippen LogP contribution in [0.25, 0.3) is 0 Å². The van der Waals surface area contributed by atoms with Crippen LogP contribution in [0.2, 0.25) is 0 Å². The molecule has 10 heteroatoms. The predicted molar refractivity (Wildman–Crippen MR) is 76.0 cm³/mol. The first-order chi connectivity index (χ1) is 10.8. The molecule has 0 radical (unpaired) electrons. The summed E-state index contributed by atoms with van der Waals surface area (Å²) < 4.78 is 38.6. The number of alkyl halides is 3. The van der Waals surface area contributed by atoms with Gasteiger partial charge in [0.2, 0.25) is 0 Å². The number of halogens is 3. The van der Waals surface area contributed by atoms with E-state index in [0.29, 0.717) is 12.2 Å². The van der Waals surface area contributed by atoms with E-state index in [1.807, 2.05) is 0 Å². The number of nitrogens with zero attached hydrogens (tertiary/aromatic N) is 2. The molecule has 3 N–H and O–H groups in total. The number of rotatable bonds is 4. The predicted octanol–water partition coefficient (Wildman–Crippen LogP) is 1.49. The zero-order valence-corrected chi connectivity index (χ0v) is 12.1. The van der Waals surface area contributed by atoms with E-state index < -0.39 is 17.8 Å². The van der Waals surface area contributed by atoms with Crippen molar-refractivity contribution < 1.29 is 18.0 Å². The zero-order valence-electron chi connectivity index (χ0n) is 12.1. The summed E-state index contributed by atoms with van der Waals surface area (Å²) in [7, 11) is 1.55. The molecule has 1 aromatic carbocycles. The Morgan fingerprint density at radius 1 is 1.30 bits per heavy atom. The van der Waals surface area contributed by atoms with Crippen molar-refractivity contribution in [3.63, 3.8) is 0 Å². The van der Waals surface area contributed by atoms with Crippen molar-refractivity contribution in [3.05, 3.63) is 46.1 Å². The molecule has 124 valence electrons. The van der Waals surface area contributed by atoms with Crippen LogP contribution < -0.4 is 16.3 Å². The molecule has 0 fully saturated rings. The maximum absolute atomic E-state index is 12.4. The van der Waals surface area contributed by atoms with Crippen molar-refractivity contribution in [1.82, 2.24) is 20.1 Å². The molecule has 2 aromatic rings. The largest absolute Gasteiger partial charge is 0.416 e. The molecule has 23 heavy (non-hydrogen) atoms. The van der Waals surface area contributed by atoms with Gasteiger partial charge in [-0.2, -0.15) is 18.3 Å². The highest BCUT2D eigenvalue weighted by Gasteiger charge is 2.29. The quantitative estimate of drug-likeness (QED) is 0.793. The SMILES string of the molecule is Cn1c(CCNC(=O)Nc2ccc(C(F)(F)F)cc2)n[nH]c1=O. The molecule has 0 saturated carbocycles. The highest BCUT2D eigenvalue weighted by atomic mass is 19.4. The number of benzene rings is 1. The number of nitrogens with one attached hydrogen (secondary N) is 3. The summed E-state index contributed by atoms with van der Waals surface area (Å²) >= 11 is 0. The number of hydrogen-bond acceptors (Lipinski definition) is 3. The number of aromatic amines is 1. The Balaban J connectivity index is 1.83. The van der Waals surface area contributed by atoms with Crippen molar-refractivity contribution in [3.8, 4) is 0 Å². The molecule has 0 aliphatic rings. The van der Waals surface area contributed by atoms with Gasteiger partial charge in [0.25, 0.3) is 0 Å². The Morgan fingerprint density at radius 2 is 1.96 bits per heavy atom. The third-order valence-electron chi connectivity index (χ3n) is 3.08. The lowest BCUT2D eigenvalue weighted by atomic mass is 10.2. The van der Waals surface area contributed by atoms with Crippen LogP contribution in [0.15, 0.2) is 29.1 Å². The van der Waals surface area contributed by atoms with Gasteiger partial charge in [-0.15, -0.1) is 0 Å². The van der Waals surface area contributed by atoms with Crippen molar-refractivity contribution in [2.45, 2.75) is 12.6 Å². The Hall–Kier alpha value is -2.78. The summed E-state index contributed by atoms with van der Waals surface area (Å²) in [5.41, 5.74) is -0.903. The van der Waals surface area contributed by atoms with Crippen molar-refractivity contribution >= 4 is 11.7 Å². The Kier molecular flexibility index (Phi) is 4.72. The molecule has 1 aromatic heterocycles. The monoisotopic (exact) mass is 329 g/mol. The van der Waals surface area contributed by atoms with Gasteiger partial charge in [0.15, 0.2) is 0 Å².